The number of halogens is 1. The summed E-state index contributed by atoms with van der Waals surface area (Å²) in [6.07, 6.45) is 1.90. The number of ether oxygens (including phenoxy) is 1. The molecule has 0 amide bonds. The topological polar surface area (TPSA) is 90.2 Å². The van der Waals surface area contributed by atoms with Crippen LogP contribution in [0.25, 0.3) is 0 Å². The van der Waals surface area contributed by atoms with Gasteiger partial charge in [0.15, 0.2) is 0 Å². The quantitative estimate of drug-likeness (QED) is 0.519. The van der Waals surface area contributed by atoms with Crippen molar-refractivity contribution in [3.63, 3.8) is 0 Å². The smallest absolute Gasteiger partial charge is 0.332 e. The molecule has 1 fully saturated rings. The predicted molar refractivity (Wildman–Crippen MR) is 70.5 cm³/mol. The first kappa shape index (κ1) is 14.0. The summed E-state index contributed by atoms with van der Waals surface area (Å²) >= 11 is 5.74. The average Bonchev–Trinajstić information content (AvgIpc) is 2.72. The fourth-order valence-corrected chi connectivity index (χ4v) is 2.33. The zero-order chi connectivity index (χ0) is 14.0. The van der Waals surface area contributed by atoms with Gasteiger partial charge in [0, 0.05) is 13.2 Å². The molecule has 1 atom stereocenters. The highest BCUT2D eigenvalue weighted by molar-refractivity contribution is 6.28. The summed E-state index contributed by atoms with van der Waals surface area (Å²) in [5.74, 6) is 0.138. The second-order valence-corrected chi connectivity index (χ2v) is 5.13. The Morgan fingerprint density at radius 2 is 2.32 bits per heavy atom. The molecular formula is C11H15ClN4O3. The summed E-state index contributed by atoms with van der Waals surface area (Å²) in [5, 5.41) is 14.0. The molecule has 0 aliphatic carbocycles. The number of nitro groups is 1. The van der Waals surface area contributed by atoms with Crippen LogP contribution in [0.15, 0.2) is 0 Å². The highest BCUT2D eigenvalue weighted by atomic mass is 35.5. The molecule has 0 bridgehead atoms. The van der Waals surface area contributed by atoms with Gasteiger partial charge in [-0.05, 0) is 38.3 Å². The van der Waals surface area contributed by atoms with Gasteiger partial charge in [-0.2, -0.15) is 4.98 Å². The molecule has 1 aromatic heterocycles. The molecule has 8 heteroatoms. The van der Waals surface area contributed by atoms with Gasteiger partial charge in [-0.25, -0.2) is 4.98 Å². The van der Waals surface area contributed by atoms with Gasteiger partial charge in [0.1, 0.15) is 5.69 Å². The maximum Gasteiger partial charge on any atom is 0.332 e. The van der Waals surface area contributed by atoms with Gasteiger partial charge in [0.25, 0.3) is 0 Å². The molecule has 1 saturated heterocycles. The lowest BCUT2D eigenvalue weighted by atomic mass is 10.0. The number of hydrogen-bond acceptors (Lipinski definition) is 6. The molecule has 104 valence electrons. The minimum Gasteiger partial charge on any atom is -0.373 e. The van der Waals surface area contributed by atoms with Crippen molar-refractivity contribution in [2.45, 2.75) is 32.3 Å². The van der Waals surface area contributed by atoms with Crippen molar-refractivity contribution in [2.24, 2.45) is 0 Å². The Bertz CT molecular complexity index is 503. The summed E-state index contributed by atoms with van der Waals surface area (Å²) < 4.78 is 5.61. The molecule has 1 aliphatic heterocycles. The summed E-state index contributed by atoms with van der Waals surface area (Å²) in [6.45, 7) is 4.66. The lowest BCUT2D eigenvalue weighted by Crippen LogP contribution is -2.33. The lowest BCUT2D eigenvalue weighted by Gasteiger charge is -2.23. The Morgan fingerprint density at radius 3 is 2.89 bits per heavy atom. The molecule has 0 spiro atoms. The fraction of sp³-hybridized carbons (Fsp3) is 0.636. The maximum absolute atomic E-state index is 11.0. The SMILES string of the molecule is Cc1nc(Cl)nc(NCC2(C)CCCO2)c1[N+](=O)[O-]. The normalized spacial score (nSPS) is 22.5. The third-order valence-corrected chi connectivity index (χ3v) is 3.31. The van der Waals surface area contributed by atoms with E-state index < -0.39 is 4.92 Å². The highest BCUT2D eigenvalue weighted by Crippen LogP contribution is 2.29. The van der Waals surface area contributed by atoms with Gasteiger partial charge in [0.05, 0.1) is 10.5 Å². The van der Waals surface area contributed by atoms with Crippen LogP contribution in [0.3, 0.4) is 0 Å². The van der Waals surface area contributed by atoms with Crippen molar-refractivity contribution in [3.05, 3.63) is 21.1 Å². The standard InChI is InChI=1S/C11H15ClN4O3/c1-7-8(16(17)18)9(15-10(12)14-7)13-6-11(2)4-3-5-19-11/h3-6H2,1-2H3,(H,13,14,15). The van der Waals surface area contributed by atoms with Crippen LogP contribution in [-0.4, -0.2) is 33.6 Å². The molecule has 2 heterocycles. The second kappa shape index (κ2) is 5.26. The number of aromatic nitrogens is 2. The first-order chi connectivity index (χ1) is 8.91. The Balaban J connectivity index is 2.21. The molecule has 0 aromatic carbocycles. The van der Waals surface area contributed by atoms with Crippen molar-refractivity contribution in [1.82, 2.24) is 9.97 Å². The van der Waals surface area contributed by atoms with E-state index in [4.69, 9.17) is 16.3 Å². The van der Waals surface area contributed by atoms with E-state index in [1.54, 1.807) is 0 Å². The van der Waals surface area contributed by atoms with Gasteiger partial charge < -0.3 is 10.1 Å². The van der Waals surface area contributed by atoms with E-state index in [-0.39, 0.29) is 28.1 Å². The van der Waals surface area contributed by atoms with Crippen molar-refractivity contribution < 1.29 is 9.66 Å². The number of hydrogen-bond donors (Lipinski definition) is 1. The summed E-state index contributed by atoms with van der Waals surface area (Å²) in [6, 6.07) is 0. The van der Waals surface area contributed by atoms with Crippen LogP contribution < -0.4 is 5.32 Å². The zero-order valence-corrected chi connectivity index (χ0v) is 11.5. The zero-order valence-electron chi connectivity index (χ0n) is 10.8. The fourth-order valence-electron chi connectivity index (χ4n) is 2.12. The summed E-state index contributed by atoms with van der Waals surface area (Å²) in [7, 11) is 0. The van der Waals surface area contributed by atoms with Gasteiger partial charge in [-0.1, -0.05) is 0 Å². The third kappa shape index (κ3) is 3.10. The van der Waals surface area contributed by atoms with E-state index in [2.05, 4.69) is 15.3 Å². The van der Waals surface area contributed by atoms with E-state index >= 15 is 0 Å². The molecular weight excluding hydrogens is 272 g/mol. The number of nitrogens with zero attached hydrogens (tertiary/aromatic N) is 3. The summed E-state index contributed by atoms with van der Waals surface area (Å²) in [4.78, 5) is 18.2. The molecule has 1 N–H and O–H groups in total. The predicted octanol–water partition coefficient (Wildman–Crippen LogP) is 2.33. The van der Waals surface area contributed by atoms with Crippen molar-refractivity contribution in [3.8, 4) is 0 Å². The molecule has 1 unspecified atom stereocenters. The van der Waals surface area contributed by atoms with Gasteiger partial charge in [-0.3, -0.25) is 10.1 Å². The second-order valence-electron chi connectivity index (χ2n) is 4.79. The van der Waals surface area contributed by atoms with Gasteiger partial charge >= 0.3 is 5.69 Å². The number of anilines is 1. The van der Waals surface area contributed by atoms with E-state index in [1.807, 2.05) is 6.92 Å². The largest absolute Gasteiger partial charge is 0.373 e. The van der Waals surface area contributed by atoms with E-state index in [0.29, 0.717) is 13.2 Å². The molecule has 1 aliphatic rings. The van der Waals surface area contributed by atoms with Crippen LogP contribution in [0.2, 0.25) is 5.28 Å². The summed E-state index contributed by atoms with van der Waals surface area (Å²) in [5.41, 5.74) is -0.227. The van der Waals surface area contributed by atoms with Crippen molar-refractivity contribution in [1.29, 1.82) is 0 Å². The van der Waals surface area contributed by atoms with Crippen LogP contribution in [0.5, 0.6) is 0 Å². The van der Waals surface area contributed by atoms with E-state index in [9.17, 15) is 10.1 Å². The van der Waals surface area contributed by atoms with Crippen LogP contribution in [0.1, 0.15) is 25.5 Å². The number of nitrogens with one attached hydrogen (secondary N) is 1. The monoisotopic (exact) mass is 286 g/mol. The molecule has 0 radical (unpaired) electrons. The minimum atomic E-state index is -0.508. The molecule has 1 aromatic rings. The van der Waals surface area contributed by atoms with Gasteiger partial charge in [-0.15, -0.1) is 0 Å². The lowest BCUT2D eigenvalue weighted by molar-refractivity contribution is -0.385. The Labute approximate surface area is 115 Å². The maximum atomic E-state index is 11.0. The van der Waals surface area contributed by atoms with E-state index in [1.165, 1.54) is 6.92 Å². The first-order valence-corrected chi connectivity index (χ1v) is 6.35. The van der Waals surface area contributed by atoms with Crippen molar-refractivity contribution in [2.75, 3.05) is 18.5 Å². The molecule has 2 rings (SSSR count). The third-order valence-electron chi connectivity index (χ3n) is 3.14. The van der Waals surface area contributed by atoms with Crippen LogP contribution in [0, 0.1) is 17.0 Å². The van der Waals surface area contributed by atoms with Crippen molar-refractivity contribution >= 4 is 23.1 Å². The van der Waals surface area contributed by atoms with Crippen LogP contribution in [0.4, 0.5) is 11.5 Å². The first-order valence-electron chi connectivity index (χ1n) is 5.98. The van der Waals surface area contributed by atoms with Crippen LogP contribution in [-0.2, 0) is 4.74 Å². The Morgan fingerprint density at radius 1 is 1.58 bits per heavy atom. The Kier molecular flexibility index (Phi) is 3.86. The molecule has 0 saturated carbocycles. The van der Waals surface area contributed by atoms with E-state index in [0.717, 1.165) is 12.8 Å². The Hall–Kier alpha value is -1.47. The number of rotatable bonds is 4. The average molecular weight is 287 g/mol. The minimum absolute atomic E-state index is 0.0110. The highest BCUT2D eigenvalue weighted by Gasteiger charge is 2.31. The van der Waals surface area contributed by atoms with Gasteiger partial charge in [0.2, 0.25) is 11.1 Å². The molecule has 7 nitrogen and oxygen atoms in total. The van der Waals surface area contributed by atoms with Crippen LogP contribution >= 0.6 is 11.6 Å². The molecule has 19 heavy (non-hydrogen) atoms. The number of aryl methyl sites for hydroxylation is 1.